The zero-order valence-corrected chi connectivity index (χ0v) is 19.7. The quantitative estimate of drug-likeness (QED) is 0.286. The van der Waals surface area contributed by atoms with Crippen molar-refractivity contribution in [1.82, 2.24) is 9.88 Å². The molecule has 11 heteroatoms. The lowest BCUT2D eigenvalue weighted by atomic mass is 9.79. The van der Waals surface area contributed by atoms with Crippen LogP contribution in [0.25, 0.3) is 10.9 Å². The van der Waals surface area contributed by atoms with Crippen molar-refractivity contribution >= 4 is 16.8 Å². The molecule has 2 aliphatic heterocycles. The van der Waals surface area contributed by atoms with E-state index in [0.29, 0.717) is 15.8 Å². The summed E-state index contributed by atoms with van der Waals surface area (Å²) in [7, 11) is 0. The highest BCUT2D eigenvalue weighted by atomic mass is 19.4. The first-order valence-corrected chi connectivity index (χ1v) is 12.0. The summed E-state index contributed by atoms with van der Waals surface area (Å²) in [5.41, 5.74) is -2.50. The van der Waals surface area contributed by atoms with Crippen molar-refractivity contribution in [3.05, 3.63) is 71.9 Å². The smallest absolute Gasteiger partial charge is 0.387 e. The number of hydrogen-bond donors (Lipinski definition) is 2. The maximum atomic E-state index is 15.3. The molecule has 1 unspecified atom stereocenters. The number of nitrogens with one attached hydrogen (secondary N) is 1. The van der Waals surface area contributed by atoms with Crippen LogP contribution in [0.5, 0.6) is 0 Å². The number of aliphatic hydroxyl groups excluding tert-OH is 1. The molecule has 2 aliphatic rings. The van der Waals surface area contributed by atoms with Crippen LogP contribution >= 0.6 is 0 Å². The van der Waals surface area contributed by atoms with Gasteiger partial charge in [0.25, 0.3) is 5.91 Å². The number of amides is 1. The van der Waals surface area contributed by atoms with Gasteiger partial charge in [-0.15, -0.1) is 13.2 Å². The highest BCUT2D eigenvalue weighted by Gasteiger charge is 2.74. The number of rotatable bonds is 3. The Hall–Kier alpha value is -3.05. The third-order valence-electron chi connectivity index (χ3n) is 7.98. The Morgan fingerprint density at radius 2 is 1.70 bits per heavy atom. The van der Waals surface area contributed by atoms with Crippen LogP contribution < -0.4 is 0 Å². The molecule has 0 saturated carbocycles. The van der Waals surface area contributed by atoms with Gasteiger partial charge < -0.3 is 15.0 Å². The van der Waals surface area contributed by atoms with E-state index in [4.69, 9.17) is 0 Å². The maximum absolute atomic E-state index is 15.3. The van der Waals surface area contributed by atoms with Gasteiger partial charge in [0.15, 0.2) is 5.54 Å². The summed E-state index contributed by atoms with van der Waals surface area (Å²) in [6, 6.07) is 12.6. The first-order chi connectivity index (χ1) is 17.4. The summed E-state index contributed by atoms with van der Waals surface area (Å²) in [5.74, 6) is -0.969. The van der Waals surface area contributed by atoms with Gasteiger partial charge in [-0.05, 0) is 30.2 Å². The number of carbonyl (C=O) groups excluding carboxylic acids is 1. The van der Waals surface area contributed by atoms with Crippen LogP contribution in [0, 0.1) is 0 Å². The fraction of sp³-hybridized carbons (Fsp3) is 0.423. The summed E-state index contributed by atoms with van der Waals surface area (Å²) >= 11 is 0. The van der Waals surface area contributed by atoms with Gasteiger partial charge >= 0.3 is 12.5 Å². The Morgan fingerprint density at radius 1 is 1.03 bits per heavy atom. The van der Waals surface area contributed by atoms with Crippen LogP contribution in [-0.2, 0) is 6.42 Å². The van der Waals surface area contributed by atoms with Crippen LogP contribution in [0.3, 0.4) is 0 Å². The molecule has 0 bridgehead atoms. The van der Waals surface area contributed by atoms with Crippen molar-refractivity contribution in [1.29, 1.82) is 0 Å². The Kier molecular flexibility index (Phi) is 6.06. The molecule has 0 spiro atoms. The van der Waals surface area contributed by atoms with Gasteiger partial charge in [0, 0.05) is 35.5 Å². The number of piperidine rings is 1. The van der Waals surface area contributed by atoms with Crippen molar-refractivity contribution in [3.63, 3.8) is 0 Å². The van der Waals surface area contributed by atoms with E-state index in [2.05, 4.69) is 4.98 Å². The van der Waals surface area contributed by atoms with Crippen molar-refractivity contribution in [2.45, 2.75) is 49.4 Å². The van der Waals surface area contributed by atoms with E-state index in [0.717, 1.165) is 0 Å². The van der Waals surface area contributed by atoms with Gasteiger partial charge in [0.2, 0.25) is 0 Å². The third-order valence-corrected chi connectivity index (χ3v) is 7.98. The number of benzene rings is 2. The molecule has 4 atom stereocenters. The highest BCUT2D eigenvalue weighted by molar-refractivity contribution is 5.95. The summed E-state index contributed by atoms with van der Waals surface area (Å²) in [6.45, 7) is -3.05. The van der Waals surface area contributed by atoms with E-state index in [-0.39, 0.29) is 24.0 Å². The first-order valence-electron chi connectivity index (χ1n) is 12.0. The standard InChI is InChI=1S/C26H26F6N3O2/c27-25(28,29)24(12-18-13-33-22-9-5-4-8-21(18)22)16-35(26(30,31)32)15-20(36)11-10-19(35)14-34(24)23(37)17-6-2-1-3-7-17/h1-9,13,19-20,33,36H,10-12,14-16H2/q+1/t19-,20+,24-,35?/m1/s1. The molecule has 5 rings (SSSR count). The number of alkyl halides is 6. The van der Waals surface area contributed by atoms with Crippen LogP contribution in [0.15, 0.2) is 60.8 Å². The molecule has 5 nitrogen and oxygen atoms in total. The summed E-state index contributed by atoms with van der Waals surface area (Å²) < 4.78 is 88.2. The maximum Gasteiger partial charge on any atom is 0.561 e. The summed E-state index contributed by atoms with van der Waals surface area (Å²) in [4.78, 5) is 17.1. The van der Waals surface area contributed by atoms with E-state index in [9.17, 15) is 23.1 Å². The lowest BCUT2D eigenvalue weighted by Gasteiger charge is -2.60. The van der Waals surface area contributed by atoms with Crippen LogP contribution in [0.4, 0.5) is 26.3 Å². The zero-order chi connectivity index (χ0) is 26.6. The Bertz CT molecular complexity index is 1290. The molecule has 1 amide bonds. The highest BCUT2D eigenvalue weighted by Crippen LogP contribution is 2.51. The second-order valence-corrected chi connectivity index (χ2v) is 10.1. The fourth-order valence-corrected chi connectivity index (χ4v) is 6.13. The number of nitrogens with zero attached hydrogens (tertiary/aromatic N) is 2. The second-order valence-electron chi connectivity index (χ2n) is 10.1. The fourth-order valence-electron chi connectivity index (χ4n) is 6.13. The number of para-hydroxylation sites is 1. The molecule has 198 valence electrons. The van der Waals surface area contributed by atoms with Crippen molar-refractivity contribution < 1.29 is 40.7 Å². The minimum absolute atomic E-state index is 0.0234. The van der Waals surface area contributed by atoms with Gasteiger partial charge in [-0.2, -0.15) is 13.2 Å². The number of H-pyrrole nitrogens is 1. The van der Waals surface area contributed by atoms with E-state index in [1.807, 2.05) is 0 Å². The van der Waals surface area contributed by atoms with Gasteiger partial charge in [-0.25, -0.2) is 4.48 Å². The predicted molar refractivity (Wildman–Crippen MR) is 123 cm³/mol. The largest absolute Gasteiger partial charge is 0.561 e. The molecule has 3 heterocycles. The molecule has 3 aromatic rings. The molecule has 1 aromatic heterocycles. The number of piperazine rings is 1. The van der Waals surface area contributed by atoms with Gasteiger partial charge in [-0.1, -0.05) is 36.4 Å². The zero-order valence-electron chi connectivity index (χ0n) is 19.7. The van der Waals surface area contributed by atoms with E-state index < -0.39 is 66.6 Å². The summed E-state index contributed by atoms with van der Waals surface area (Å²) in [5, 5.41) is 10.7. The minimum Gasteiger partial charge on any atom is -0.387 e. The Labute approximate surface area is 208 Å². The molecule has 2 N–H and O–H groups in total. The average Bonchev–Trinajstić information content (AvgIpc) is 3.25. The third kappa shape index (κ3) is 4.08. The van der Waals surface area contributed by atoms with E-state index in [1.165, 1.54) is 30.5 Å². The number of fused-ring (bicyclic) bond motifs is 2. The predicted octanol–water partition coefficient (Wildman–Crippen LogP) is 5.03. The molecule has 0 radical (unpaired) electrons. The molecule has 0 aliphatic carbocycles. The van der Waals surface area contributed by atoms with Crippen LogP contribution in [0.1, 0.15) is 28.8 Å². The molecule has 2 fully saturated rings. The normalized spacial score (nSPS) is 28.8. The number of aromatic amines is 1. The first kappa shape index (κ1) is 25.6. The second kappa shape index (κ2) is 8.76. The minimum atomic E-state index is -5.21. The molecule has 2 aromatic carbocycles. The summed E-state index contributed by atoms with van der Waals surface area (Å²) in [6.07, 6.45) is -11.3. The van der Waals surface area contributed by atoms with Gasteiger partial charge in [-0.3, -0.25) is 4.79 Å². The monoisotopic (exact) mass is 526 g/mol. The average molecular weight is 527 g/mol. The molecular formula is C26H26F6N3O2+. The number of hydrogen-bond acceptors (Lipinski definition) is 2. The number of carbonyl (C=O) groups is 1. The van der Waals surface area contributed by atoms with Crippen LogP contribution in [0.2, 0.25) is 0 Å². The van der Waals surface area contributed by atoms with E-state index in [1.54, 1.807) is 30.3 Å². The van der Waals surface area contributed by atoms with Gasteiger partial charge in [0.05, 0.1) is 6.54 Å². The van der Waals surface area contributed by atoms with Crippen molar-refractivity contribution in [2.24, 2.45) is 0 Å². The van der Waals surface area contributed by atoms with Crippen LogP contribution in [-0.4, -0.2) is 75.2 Å². The van der Waals surface area contributed by atoms with Gasteiger partial charge in [0.1, 0.15) is 25.2 Å². The SMILES string of the molecule is O=C(c1ccccc1)N1C[C@H]2CC[C@H](O)C[N+]2(C(F)(F)F)C[C@]1(Cc1c[nH]c2ccccc12)C(F)(F)F. The number of halogens is 6. The van der Waals surface area contributed by atoms with Crippen molar-refractivity contribution in [3.8, 4) is 0 Å². The number of aromatic nitrogens is 1. The van der Waals surface area contributed by atoms with E-state index >= 15 is 13.2 Å². The molecular weight excluding hydrogens is 500 g/mol. The Morgan fingerprint density at radius 3 is 2.38 bits per heavy atom. The lowest BCUT2D eigenvalue weighted by molar-refractivity contribution is -1.06. The lowest BCUT2D eigenvalue weighted by Crippen LogP contribution is -2.83. The topological polar surface area (TPSA) is 56.3 Å². The number of quaternary nitrogens is 1. The number of aliphatic hydroxyl groups is 1. The molecule has 2 saturated heterocycles. The molecule has 37 heavy (non-hydrogen) atoms. The Balaban J connectivity index is 1.72. The van der Waals surface area contributed by atoms with Crippen molar-refractivity contribution in [2.75, 3.05) is 19.6 Å².